The molecule has 0 saturated carbocycles. The monoisotopic (exact) mass is 1110 g/mol. The van der Waals surface area contributed by atoms with Crippen LogP contribution in [0.4, 0.5) is 0 Å². The molecule has 0 aliphatic rings. The van der Waals surface area contributed by atoms with Crippen LogP contribution in [0.3, 0.4) is 0 Å². The number of hydrogen-bond acceptors (Lipinski definition) is 2. The van der Waals surface area contributed by atoms with Crippen LogP contribution in [0.5, 0.6) is 0 Å². The highest BCUT2D eigenvalue weighted by Crippen LogP contribution is 2.54. The predicted molar refractivity (Wildman–Crippen MR) is 367 cm³/mol. The molecule has 0 radical (unpaired) electrons. The first-order valence-electron chi connectivity index (χ1n) is 30.7. The summed E-state index contributed by atoms with van der Waals surface area (Å²) in [7, 11) is 0. The van der Waals surface area contributed by atoms with E-state index in [1.807, 2.05) is 0 Å². The van der Waals surface area contributed by atoms with E-state index < -0.39 is 0 Å². The normalized spacial score (nSPS) is 13.3. The van der Waals surface area contributed by atoms with Crippen molar-refractivity contribution in [2.75, 3.05) is 0 Å². The summed E-state index contributed by atoms with van der Waals surface area (Å²) in [4.78, 5) is 0. The van der Waals surface area contributed by atoms with Gasteiger partial charge in [-0.15, -0.1) is 0 Å². The molecule has 0 bridgehead atoms. The third-order valence-electron chi connectivity index (χ3n) is 19.3. The van der Waals surface area contributed by atoms with Gasteiger partial charge in [-0.3, -0.25) is 0 Å². The molecule has 0 N–H and O–H groups in total. The van der Waals surface area contributed by atoms with Crippen molar-refractivity contribution < 1.29 is 8.83 Å². The molecule has 17 aromatic rings. The second-order valence-electron chi connectivity index (χ2n) is 28.9. The van der Waals surface area contributed by atoms with E-state index in [2.05, 4.69) is 286 Å². The fraction of sp³-hybridized carbons (Fsp3) is 0.195. The lowest BCUT2D eigenvalue weighted by molar-refractivity contribution is 0.568. The number of furan rings is 2. The summed E-state index contributed by atoms with van der Waals surface area (Å²) in [5, 5.41) is 14.7. The van der Waals surface area contributed by atoms with Crippen molar-refractivity contribution >= 4 is 120 Å². The van der Waals surface area contributed by atoms with Crippen molar-refractivity contribution in [3.8, 4) is 44.5 Å². The fourth-order valence-electron chi connectivity index (χ4n) is 14.7. The number of hydrogen-bond donors (Lipinski definition) is 0. The van der Waals surface area contributed by atoms with Crippen molar-refractivity contribution in [2.24, 2.45) is 0 Å². The summed E-state index contributed by atoms with van der Waals surface area (Å²) >= 11 is 0. The van der Waals surface area contributed by atoms with Gasteiger partial charge in [0.1, 0.15) is 22.3 Å². The molecule has 0 spiro atoms. The Morgan fingerprint density at radius 3 is 0.884 bits per heavy atom. The van der Waals surface area contributed by atoms with Crippen molar-refractivity contribution in [1.82, 2.24) is 8.80 Å². The van der Waals surface area contributed by atoms with E-state index in [4.69, 9.17) is 8.83 Å². The molecular formula is C82H68N2O2. The van der Waals surface area contributed by atoms with Gasteiger partial charge in [-0.05, 0) is 161 Å². The van der Waals surface area contributed by atoms with Crippen LogP contribution in [0.1, 0.15) is 105 Å². The lowest BCUT2D eigenvalue weighted by Gasteiger charge is -2.26. The first-order chi connectivity index (χ1) is 41.2. The summed E-state index contributed by atoms with van der Waals surface area (Å²) in [6, 6.07) is 73.8. The zero-order chi connectivity index (χ0) is 58.8. The first-order valence-corrected chi connectivity index (χ1v) is 30.7. The average molecular weight is 1110 g/mol. The van der Waals surface area contributed by atoms with Crippen LogP contribution in [0.25, 0.3) is 165 Å². The largest absolute Gasteiger partial charge is 0.456 e. The highest BCUT2D eigenvalue weighted by atomic mass is 16.3. The second-order valence-corrected chi connectivity index (χ2v) is 28.9. The maximum absolute atomic E-state index is 6.55. The van der Waals surface area contributed by atoms with Crippen LogP contribution in [-0.2, 0) is 21.7 Å². The van der Waals surface area contributed by atoms with Crippen LogP contribution >= 0.6 is 0 Å². The molecule has 11 aromatic carbocycles. The van der Waals surface area contributed by atoms with Crippen LogP contribution in [0.2, 0.25) is 0 Å². The van der Waals surface area contributed by atoms with Gasteiger partial charge >= 0.3 is 0 Å². The van der Waals surface area contributed by atoms with Crippen molar-refractivity contribution in [3.63, 3.8) is 0 Å². The predicted octanol–water partition coefficient (Wildman–Crippen LogP) is 23.6. The van der Waals surface area contributed by atoms with E-state index in [9.17, 15) is 0 Å². The molecule has 0 aliphatic heterocycles. The number of rotatable bonds is 4. The van der Waals surface area contributed by atoms with Gasteiger partial charge in [-0.1, -0.05) is 204 Å². The Bertz CT molecular complexity index is 5320. The first kappa shape index (κ1) is 51.1. The molecule has 4 heteroatoms. The summed E-state index contributed by atoms with van der Waals surface area (Å²) in [6.07, 6.45) is 0. The molecule has 86 heavy (non-hydrogen) atoms. The van der Waals surface area contributed by atoms with E-state index in [-0.39, 0.29) is 21.7 Å². The molecule has 0 fully saturated rings. The molecule has 0 aliphatic carbocycles. The summed E-state index contributed by atoms with van der Waals surface area (Å²) in [5.74, 6) is 0. The van der Waals surface area contributed by atoms with Gasteiger partial charge in [0.2, 0.25) is 0 Å². The Balaban J connectivity index is 1.05. The summed E-state index contributed by atoms with van der Waals surface area (Å²) < 4.78 is 18.3. The van der Waals surface area contributed by atoms with Crippen molar-refractivity contribution in [1.29, 1.82) is 0 Å². The maximum atomic E-state index is 6.55. The highest BCUT2D eigenvalue weighted by molar-refractivity contribution is 6.45. The van der Waals surface area contributed by atoms with Crippen LogP contribution in [-0.4, -0.2) is 8.80 Å². The Morgan fingerprint density at radius 1 is 0.244 bits per heavy atom. The lowest BCUT2D eigenvalue weighted by atomic mass is 9.79. The lowest BCUT2D eigenvalue weighted by Crippen LogP contribution is -2.16. The zero-order valence-electron chi connectivity index (χ0n) is 51.2. The smallest absolute Gasteiger partial charge is 0.136 e. The number of benzene rings is 11. The SMILES string of the molecule is CC(C)(C)c1cc(-c2ccc3c(c2)c2c4c5cc(-c6cccc7oc8ccccc8c67)ccc5n5c6ccc(-c7cc(C(C)(C)C)cc(C(C)(C)C)c7)cc6c(c6c7cc(-c8cccc9oc%10ccccc%10c89)ccc7n3c26)c45)cc(C(C)(C)C)c1. The van der Waals surface area contributed by atoms with Gasteiger partial charge in [-0.25, -0.2) is 0 Å². The van der Waals surface area contributed by atoms with Crippen LogP contribution in [0, 0.1) is 0 Å². The summed E-state index contributed by atoms with van der Waals surface area (Å²) in [5.41, 5.74) is 25.8. The second kappa shape index (κ2) is 17.2. The topological polar surface area (TPSA) is 35.1 Å². The van der Waals surface area contributed by atoms with E-state index in [0.717, 1.165) is 43.9 Å². The maximum Gasteiger partial charge on any atom is 0.136 e. The van der Waals surface area contributed by atoms with Crippen molar-refractivity contribution in [2.45, 2.75) is 105 Å². The van der Waals surface area contributed by atoms with E-state index in [0.29, 0.717) is 0 Å². The van der Waals surface area contributed by atoms with E-state index in [1.165, 1.54) is 143 Å². The Morgan fingerprint density at radius 2 is 0.547 bits per heavy atom. The molecule has 6 aromatic heterocycles. The minimum atomic E-state index is -0.0335. The molecule has 0 atom stereocenters. The van der Waals surface area contributed by atoms with Gasteiger partial charge in [-0.2, -0.15) is 0 Å². The van der Waals surface area contributed by atoms with Gasteiger partial charge in [0.15, 0.2) is 0 Å². The molecule has 4 nitrogen and oxygen atoms in total. The quantitative estimate of drug-likeness (QED) is 0.176. The molecule has 6 heterocycles. The number of fused-ring (bicyclic) bond motifs is 20. The fourth-order valence-corrected chi connectivity index (χ4v) is 14.7. The summed E-state index contributed by atoms with van der Waals surface area (Å²) in [6.45, 7) is 28.1. The molecule has 0 unspecified atom stereocenters. The van der Waals surface area contributed by atoms with E-state index >= 15 is 0 Å². The molecule has 0 amide bonds. The number of aromatic nitrogens is 2. The number of nitrogens with zero attached hydrogens (tertiary/aromatic N) is 2. The van der Waals surface area contributed by atoms with Crippen LogP contribution in [0.15, 0.2) is 203 Å². The standard InChI is InChI=1S/C82H68N2O2/c1-79(2,3)51-35-49(36-52(43-51)80(4,5)6)45-27-31-63-59(39-45)73-75-61-41-47(55-21-17-25-69-71(55)57-19-13-15-23-67(57)85-69)30-34-66(61)84-64-32-28-46(50-37-53(81(7,8)9)44-54(38-50)82(10,11)12)40-60(64)74(78(75)84)76-62-42-48(29-33-65(62)83(63)77(73)76)56-22-18-26-70-72(56)58-20-14-16-24-68(58)86-70/h13-44H,1-12H3. The van der Waals surface area contributed by atoms with Gasteiger partial charge in [0, 0.05) is 64.6 Å². The Hall–Kier alpha value is -9.38. The molecular weight excluding hydrogens is 1040 g/mol. The molecule has 17 rings (SSSR count). The third-order valence-corrected chi connectivity index (χ3v) is 19.3. The third kappa shape index (κ3) is 7.22. The number of para-hydroxylation sites is 2. The van der Waals surface area contributed by atoms with Gasteiger partial charge in [0.25, 0.3) is 0 Å². The Labute approximate surface area is 500 Å². The van der Waals surface area contributed by atoms with Gasteiger partial charge in [0.05, 0.1) is 33.1 Å². The van der Waals surface area contributed by atoms with Gasteiger partial charge < -0.3 is 17.6 Å². The highest BCUT2D eigenvalue weighted by Gasteiger charge is 2.31. The molecule has 0 saturated heterocycles. The Kier molecular flexibility index (Phi) is 10.2. The van der Waals surface area contributed by atoms with E-state index in [1.54, 1.807) is 0 Å². The van der Waals surface area contributed by atoms with Crippen LogP contribution < -0.4 is 0 Å². The minimum absolute atomic E-state index is 0.0335. The molecule has 418 valence electrons. The van der Waals surface area contributed by atoms with Crippen molar-refractivity contribution in [3.05, 3.63) is 216 Å². The zero-order valence-corrected chi connectivity index (χ0v) is 51.2. The average Bonchev–Trinajstić information content (AvgIpc) is 1.49. The minimum Gasteiger partial charge on any atom is -0.456 e.